The van der Waals surface area contributed by atoms with E-state index < -0.39 is 0 Å². The number of pyridine rings is 1. The minimum atomic E-state index is 1.06. The summed E-state index contributed by atoms with van der Waals surface area (Å²) < 4.78 is 0. The smallest absolute Gasteiger partial charge is 0.0708 e. The third kappa shape index (κ3) is 2.01. The molecule has 1 heteroatoms. The van der Waals surface area contributed by atoms with Crippen molar-refractivity contribution < 1.29 is 0 Å². The Kier molecular flexibility index (Phi) is 3.34. The van der Waals surface area contributed by atoms with Crippen LogP contribution in [0.1, 0.15) is 13.8 Å². The molecule has 0 amide bonds. The van der Waals surface area contributed by atoms with Crippen molar-refractivity contribution in [2.24, 2.45) is 0 Å². The van der Waals surface area contributed by atoms with Crippen LogP contribution < -0.4 is 0 Å². The van der Waals surface area contributed by atoms with Crippen molar-refractivity contribution in [1.82, 2.24) is 4.98 Å². The molecular formula is C19H17N. The zero-order valence-corrected chi connectivity index (χ0v) is 11.8. The van der Waals surface area contributed by atoms with Crippen molar-refractivity contribution >= 4 is 32.4 Å². The molecule has 0 atom stereocenters. The summed E-state index contributed by atoms with van der Waals surface area (Å²) in [6.07, 6.45) is 1.84. The molecule has 0 aliphatic heterocycles. The normalized spacial score (nSPS) is 10.5. The molecule has 0 saturated heterocycles. The van der Waals surface area contributed by atoms with Crippen LogP contribution in [0.2, 0.25) is 0 Å². The number of hydrogen-bond acceptors (Lipinski definition) is 1. The second kappa shape index (κ2) is 5.30. The molecule has 1 nitrogen and oxygen atoms in total. The molecule has 1 heterocycles. The van der Waals surface area contributed by atoms with Gasteiger partial charge in [-0.05, 0) is 39.7 Å². The summed E-state index contributed by atoms with van der Waals surface area (Å²) in [5.41, 5.74) is 1.06. The van der Waals surface area contributed by atoms with Gasteiger partial charge in [-0.25, -0.2) is 0 Å². The first kappa shape index (κ1) is 12.6. The van der Waals surface area contributed by atoms with Crippen LogP contribution in [-0.2, 0) is 0 Å². The van der Waals surface area contributed by atoms with Gasteiger partial charge in [0.05, 0.1) is 5.52 Å². The third-order valence-electron chi connectivity index (χ3n) is 3.47. The van der Waals surface area contributed by atoms with E-state index in [2.05, 4.69) is 59.6 Å². The lowest BCUT2D eigenvalue weighted by atomic mass is 10.0. The maximum absolute atomic E-state index is 4.41. The van der Waals surface area contributed by atoms with Gasteiger partial charge < -0.3 is 0 Å². The summed E-state index contributed by atoms with van der Waals surface area (Å²) in [6.45, 7) is 4.00. The Labute approximate surface area is 118 Å². The lowest BCUT2D eigenvalue weighted by molar-refractivity contribution is 1.42. The quantitative estimate of drug-likeness (QED) is 0.297. The molecule has 0 unspecified atom stereocenters. The van der Waals surface area contributed by atoms with Gasteiger partial charge in [-0.1, -0.05) is 56.3 Å². The highest BCUT2D eigenvalue weighted by molar-refractivity contribution is 6.11. The highest BCUT2D eigenvalue weighted by Crippen LogP contribution is 2.28. The average molecular weight is 259 g/mol. The van der Waals surface area contributed by atoms with Gasteiger partial charge in [0.15, 0.2) is 0 Å². The molecule has 0 aliphatic rings. The second-order valence-corrected chi connectivity index (χ2v) is 4.56. The van der Waals surface area contributed by atoms with Gasteiger partial charge in [0.1, 0.15) is 0 Å². The van der Waals surface area contributed by atoms with Crippen LogP contribution in [0.4, 0.5) is 0 Å². The van der Waals surface area contributed by atoms with E-state index in [1.807, 2.05) is 26.1 Å². The molecule has 0 spiro atoms. The Hall–Kier alpha value is -2.41. The van der Waals surface area contributed by atoms with Crippen molar-refractivity contribution in [1.29, 1.82) is 0 Å². The fraction of sp³-hybridized carbons (Fsp3) is 0.105. The molecular weight excluding hydrogens is 242 g/mol. The molecule has 0 fully saturated rings. The lowest BCUT2D eigenvalue weighted by Gasteiger charge is -2.05. The number of aromatic nitrogens is 1. The minimum absolute atomic E-state index is 1.06. The van der Waals surface area contributed by atoms with Crippen LogP contribution in [0.25, 0.3) is 32.4 Å². The average Bonchev–Trinajstić information content (AvgIpc) is 2.55. The summed E-state index contributed by atoms with van der Waals surface area (Å²) in [5.74, 6) is 0. The molecule has 20 heavy (non-hydrogen) atoms. The first-order valence-corrected chi connectivity index (χ1v) is 7.08. The van der Waals surface area contributed by atoms with E-state index in [4.69, 9.17) is 0 Å². The van der Waals surface area contributed by atoms with Crippen LogP contribution >= 0.6 is 0 Å². The van der Waals surface area contributed by atoms with Crippen molar-refractivity contribution in [3.63, 3.8) is 0 Å². The fourth-order valence-electron chi connectivity index (χ4n) is 2.57. The van der Waals surface area contributed by atoms with Gasteiger partial charge in [-0.3, -0.25) is 4.98 Å². The largest absolute Gasteiger partial charge is 0.256 e. The SMILES string of the molecule is CC.c1cnc2cc3ccc4ccccc4c3cc2c1. The number of rotatable bonds is 0. The molecule has 0 aliphatic carbocycles. The third-order valence-corrected chi connectivity index (χ3v) is 3.47. The van der Waals surface area contributed by atoms with Crippen molar-refractivity contribution in [2.45, 2.75) is 13.8 Å². The molecule has 3 aromatic carbocycles. The lowest BCUT2D eigenvalue weighted by Crippen LogP contribution is -1.81. The van der Waals surface area contributed by atoms with Crippen LogP contribution in [0.15, 0.2) is 66.9 Å². The van der Waals surface area contributed by atoms with Crippen molar-refractivity contribution in [2.75, 3.05) is 0 Å². The molecule has 0 saturated carbocycles. The fourth-order valence-corrected chi connectivity index (χ4v) is 2.57. The molecule has 0 bridgehead atoms. The summed E-state index contributed by atoms with van der Waals surface area (Å²) in [5, 5.41) is 6.34. The molecule has 0 N–H and O–H groups in total. The van der Waals surface area contributed by atoms with Gasteiger partial charge >= 0.3 is 0 Å². The maximum Gasteiger partial charge on any atom is 0.0708 e. The molecule has 4 rings (SSSR count). The van der Waals surface area contributed by atoms with E-state index in [1.165, 1.54) is 26.9 Å². The highest BCUT2D eigenvalue weighted by Gasteiger charge is 2.02. The van der Waals surface area contributed by atoms with E-state index in [-0.39, 0.29) is 0 Å². The van der Waals surface area contributed by atoms with Gasteiger partial charge in [0.2, 0.25) is 0 Å². The molecule has 98 valence electrons. The van der Waals surface area contributed by atoms with Gasteiger partial charge in [-0.2, -0.15) is 0 Å². The predicted molar refractivity (Wildman–Crippen MR) is 88.1 cm³/mol. The Bertz CT molecular complexity index is 872. The molecule has 4 aromatic rings. The zero-order valence-electron chi connectivity index (χ0n) is 11.8. The Morgan fingerprint density at radius 2 is 1.40 bits per heavy atom. The number of benzene rings is 3. The number of hydrogen-bond donors (Lipinski definition) is 0. The van der Waals surface area contributed by atoms with E-state index in [1.54, 1.807) is 0 Å². The van der Waals surface area contributed by atoms with E-state index in [9.17, 15) is 0 Å². The van der Waals surface area contributed by atoms with Gasteiger partial charge in [0.25, 0.3) is 0 Å². The monoisotopic (exact) mass is 259 g/mol. The summed E-state index contributed by atoms with van der Waals surface area (Å²) in [7, 11) is 0. The van der Waals surface area contributed by atoms with E-state index >= 15 is 0 Å². The summed E-state index contributed by atoms with van der Waals surface area (Å²) >= 11 is 0. The first-order chi connectivity index (χ1) is 9.92. The van der Waals surface area contributed by atoms with Crippen LogP contribution in [0.5, 0.6) is 0 Å². The topological polar surface area (TPSA) is 12.9 Å². The van der Waals surface area contributed by atoms with Crippen LogP contribution in [0.3, 0.4) is 0 Å². The maximum atomic E-state index is 4.41. The van der Waals surface area contributed by atoms with E-state index in [0.717, 1.165) is 5.52 Å². The summed E-state index contributed by atoms with van der Waals surface area (Å²) in [4.78, 5) is 4.41. The van der Waals surface area contributed by atoms with Crippen LogP contribution in [0, 0.1) is 0 Å². The Morgan fingerprint density at radius 1 is 0.650 bits per heavy atom. The molecule has 1 aromatic heterocycles. The van der Waals surface area contributed by atoms with Crippen LogP contribution in [-0.4, -0.2) is 4.98 Å². The van der Waals surface area contributed by atoms with Crippen molar-refractivity contribution in [3.05, 3.63) is 66.9 Å². The Balaban J connectivity index is 0.000000581. The highest BCUT2D eigenvalue weighted by atomic mass is 14.6. The number of fused-ring (bicyclic) bond motifs is 4. The standard InChI is InChI=1S/C17H11N.C2H6/c1-2-6-15-12(4-1)7-8-13-11-17-14(10-16(13)15)5-3-9-18-17;1-2/h1-11H;1-2H3. The number of nitrogens with zero attached hydrogens (tertiary/aromatic N) is 1. The predicted octanol–water partition coefficient (Wildman–Crippen LogP) is 5.57. The minimum Gasteiger partial charge on any atom is -0.256 e. The Morgan fingerprint density at radius 3 is 2.30 bits per heavy atom. The van der Waals surface area contributed by atoms with E-state index in [0.29, 0.717) is 0 Å². The van der Waals surface area contributed by atoms with Gasteiger partial charge in [-0.15, -0.1) is 0 Å². The molecule has 0 radical (unpaired) electrons. The summed E-state index contributed by atoms with van der Waals surface area (Å²) in [6, 6.07) is 21.4. The van der Waals surface area contributed by atoms with Gasteiger partial charge in [0, 0.05) is 11.6 Å². The zero-order chi connectivity index (χ0) is 13.9. The van der Waals surface area contributed by atoms with Crippen molar-refractivity contribution in [3.8, 4) is 0 Å². The second-order valence-electron chi connectivity index (χ2n) is 4.56. The first-order valence-electron chi connectivity index (χ1n) is 7.08.